The molecule has 0 saturated heterocycles. The summed E-state index contributed by atoms with van der Waals surface area (Å²) in [6.45, 7) is 0. The van der Waals surface area contributed by atoms with Gasteiger partial charge in [-0.15, -0.1) is 21.5 Å². The highest BCUT2D eigenvalue weighted by atomic mass is 32.1. The smallest absolute Gasteiger partial charge is 0.260 e. The first-order valence-corrected chi connectivity index (χ1v) is 11.8. The third-order valence-corrected chi connectivity index (χ3v) is 6.90. The molecule has 0 spiro atoms. The van der Waals surface area contributed by atoms with Crippen molar-refractivity contribution < 1.29 is 9.15 Å². The van der Waals surface area contributed by atoms with Crippen molar-refractivity contribution in [3.8, 4) is 50.4 Å². The van der Waals surface area contributed by atoms with Crippen LogP contribution in [-0.4, -0.2) is 22.3 Å². The number of hydrogen-bond acceptors (Lipinski definition) is 7. The molecule has 170 valence electrons. The quantitative estimate of drug-likeness (QED) is 0.290. The second-order valence-electron chi connectivity index (χ2n) is 7.95. The van der Waals surface area contributed by atoms with E-state index in [0.29, 0.717) is 22.3 Å². The Balaban J connectivity index is 1.53. The first-order valence-electron chi connectivity index (χ1n) is 11.0. The summed E-state index contributed by atoms with van der Waals surface area (Å²) < 4.78 is 11.3. The number of nitrogens with zero attached hydrogens (tertiary/aromatic N) is 3. The number of rotatable bonds is 5. The van der Waals surface area contributed by atoms with Crippen LogP contribution in [0.2, 0.25) is 0 Å². The van der Waals surface area contributed by atoms with Gasteiger partial charge in [0.25, 0.3) is 5.89 Å². The van der Waals surface area contributed by atoms with Gasteiger partial charge in [-0.1, -0.05) is 48.5 Å². The molecule has 6 nitrogen and oxygen atoms in total. The number of aromatic nitrogens is 3. The Bertz CT molecular complexity index is 1630. The number of fused-ring (bicyclic) bond motifs is 1. The van der Waals surface area contributed by atoms with Crippen LogP contribution in [0.4, 0.5) is 5.69 Å². The van der Waals surface area contributed by atoms with E-state index in [9.17, 15) is 0 Å². The normalized spacial score (nSPS) is 11.1. The second-order valence-corrected chi connectivity index (χ2v) is 8.95. The van der Waals surface area contributed by atoms with Crippen LogP contribution in [0.3, 0.4) is 0 Å². The maximum Gasteiger partial charge on any atom is 0.260 e. The minimum absolute atomic E-state index is 0.384. The van der Waals surface area contributed by atoms with Gasteiger partial charge in [-0.25, -0.2) is 4.98 Å². The molecule has 35 heavy (non-hydrogen) atoms. The first kappa shape index (κ1) is 21.1. The van der Waals surface area contributed by atoms with Gasteiger partial charge in [0.2, 0.25) is 5.89 Å². The monoisotopic (exact) mass is 476 g/mol. The van der Waals surface area contributed by atoms with Crippen LogP contribution in [0.1, 0.15) is 0 Å². The molecule has 0 radical (unpaired) electrons. The van der Waals surface area contributed by atoms with Crippen molar-refractivity contribution >= 4 is 27.2 Å². The van der Waals surface area contributed by atoms with Crippen molar-refractivity contribution in [2.75, 3.05) is 12.8 Å². The molecule has 0 aliphatic rings. The van der Waals surface area contributed by atoms with E-state index in [-0.39, 0.29) is 0 Å². The molecule has 2 N–H and O–H groups in total. The Morgan fingerprint density at radius 3 is 2.11 bits per heavy atom. The highest BCUT2D eigenvalue weighted by Gasteiger charge is 2.22. The third-order valence-electron chi connectivity index (χ3n) is 5.81. The average molecular weight is 477 g/mol. The van der Waals surface area contributed by atoms with E-state index in [1.165, 1.54) is 11.3 Å². The van der Waals surface area contributed by atoms with Crippen LogP contribution in [0, 0.1) is 0 Å². The van der Waals surface area contributed by atoms with Crippen LogP contribution < -0.4 is 10.5 Å². The summed E-state index contributed by atoms with van der Waals surface area (Å²) in [7, 11) is 1.66. The summed E-state index contributed by atoms with van der Waals surface area (Å²) in [6.07, 6.45) is 0. The van der Waals surface area contributed by atoms with Crippen LogP contribution in [0.15, 0.2) is 95.4 Å². The Kier molecular flexibility index (Phi) is 5.24. The summed E-state index contributed by atoms with van der Waals surface area (Å²) in [5.74, 6) is 1.63. The molecule has 0 aliphatic carbocycles. The zero-order valence-corrected chi connectivity index (χ0v) is 19.6. The Morgan fingerprint density at radius 1 is 0.771 bits per heavy atom. The molecule has 0 aliphatic heterocycles. The lowest BCUT2D eigenvalue weighted by Gasteiger charge is -2.09. The lowest BCUT2D eigenvalue weighted by Crippen LogP contribution is -1.91. The summed E-state index contributed by atoms with van der Waals surface area (Å²) in [6, 6.07) is 29.8. The number of thiophene rings is 1. The molecule has 6 rings (SSSR count). The molecule has 0 unspecified atom stereocenters. The number of benzene rings is 3. The van der Waals surface area contributed by atoms with Crippen LogP contribution >= 0.6 is 11.3 Å². The fourth-order valence-corrected chi connectivity index (χ4v) is 5.09. The number of hydrogen-bond donors (Lipinski definition) is 1. The van der Waals surface area contributed by atoms with Gasteiger partial charge in [0.15, 0.2) is 0 Å². The van der Waals surface area contributed by atoms with Crippen LogP contribution in [0.25, 0.3) is 54.8 Å². The summed E-state index contributed by atoms with van der Waals surface area (Å²) in [4.78, 5) is 6.49. The zero-order chi connectivity index (χ0) is 23.8. The summed E-state index contributed by atoms with van der Waals surface area (Å²) >= 11 is 1.45. The van der Waals surface area contributed by atoms with Gasteiger partial charge >= 0.3 is 0 Å². The summed E-state index contributed by atoms with van der Waals surface area (Å²) in [5.41, 5.74) is 12.0. The molecule has 0 bridgehead atoms. The van der Waals surface area contributed by atoms with Crippen molar-refractivity contribution in [3.63, 3.8) is 0 Å². The molecule has 3 heterocycles. The third kappa shape index (κ3) is 3.82. The van der Waals surface area contributed by atoms with E-state index in [0.717, 1.165) is 43.9 Å². The lowest BCUT2D eigenvalue weighted by molar-refractivity contribution is 0.415. The molecule has 0 fully saturated rings. The van der Waals surface area contributed by atoms with E-state index >= 15 is 0 Å². The Morgan fingerprint density at radius 2 is 1.43 bits per heavy atom. The minimum atomic E-state index is 0.384. The standard InChI is InChI=1S/C28H20N4O2S/c1-33-20-14-12-18(13-15-20)22-16-21(17-8-4-2-5-9-17)23-24(29)25(35-28(23)30-22)27-32-31-26(34-27)19-10-6-3-7-11-19/h2-16H,29H2,1H3. The highest BCUT2D eigenvalue weighted by molar-refractivity contribution is 7.22. The van der Waals surface area contributed by atoms with E-state index in [1.807, 2.05) is 72.8 Å². The number of ether oxygens (including phenoxy) is 1. The van der Waals surface area contributed by atoms with Crippen molar-refractivity contribution in [3.05, 3.63) is 91.0 Å². The van der Waals surface area contributed by atoms with E-state index < -0.39 is 0 Å². The molecule has 3 aromatic carbocycles. The molecule has 3 aromatic heterocycles. The fraction of sp³-hybridized carbons (Fsp3) is 0.0357. The van der Waals surface area contributed by atoms with Crippen molar-refractivity contribution in [2.45, 2.75) is 0 Å². The number of anilines is 1. The maximum atomic E-state index is 6.71. The van der Waals surface area contributed by atoms with Gasteiger partial charge in [0.05, 0.1) is 18.5 Å². The van der Waals surface area contributed by atoms with Crippen molar-refractivity contribution in [2.24, 2.45) is 0 Å². The van der Waals surface area contributed by atoms with Crippen LogP contribution in [0.5, 0.6) is 5.75 Å². The zero-order valence-electron chi connectivity index (χ0n) is 18.8. The molecule has 0 saturated carbocycles. The second kappa shape index (κ2) is 8.70. The molecule has 0 atom stereocenters. The van der Waals surface area contributed by atoms with Crippen LogP contribution in [-0.2, 0) is 0 Å². The highest BCUT2D eigenvalue weighted by Crippen LogP contribution is 2.45. The molecular formula is C28H20N4O2S. The van der Waals surface area contributed by atoms with E-state index in [1.54, 1.807) is 7.11 Å². The molecular weight excluding hydrogens is 456 g/mol. The number of nitrogens with two attached hydrogens (primary N) is 1. The predicted molar refractivity (Wildman–Crippen MR) is 140 cm³/mol. The Labute approximate surface area is 205 Å². The summed E-state index contributed by atoms with van der Waals surface area (Å²) in [5, 5.41) is 9.41. The van der Waals surface area contributed by atoms with Crippen molar-refractivity contribution in [1.82, 2.24) is 15.2 Å². The maximum absolute atomic E-state index is 6.71. The topological polar surface area (TPSA) is 87.1 Å². The van der Waals surface area contributed by atoms with Gasteiger partial charge < -0.3 is 14.9 Å². The molecule has 0 amide bonds. The predicted octanol–water partition coefficient (Wildman–Crippen LogP) is 6.94. The SMILES string of the molecule is COc1ccc(-c2cc(-c3ccccc3)c3c(N)c(-c4nnc(-c5ccccc5)o4)sc3n2)cc1. The van der Waals surface area contributed by atoms with Crippen molar-refractivity contribution in [1.29, 1.82) is 0 Å². The van der Waals surface area contributed by atoms with E-state index in [4.69, 9.17) is 19.9 Å². The average Bonchev–Trinajstić information content (AvgIpc) is 3.54. The fourth-order valence-electron chi connectivity index (χ4n) is 4.05. The number of methoxy groups -OCH3 is 1. The van der Waals surface area contributed by atoms with Gasteiger partial charge in [0.1, 0.15) is 15.5 Å². The number of pyridine rings is 1. The van der Waals surface area contributed by atoms with Gasteiger partial charge in [-0.3, -0.25) is 0 Å². The Hall–Kier alpha value is -4.49. The van der Waals surface area contributed by atoms with Gasteiger partial charge in [-0.05, 0) is 53.6 Å². The first-order chi connectivity index (χ1) is 17.2. The largest absolute Gasteiger partial charge is 0.497 e. The van der Waals surface area contributed by atoms with Gasteiger partial charge in [-0.2, -0.15) is 0 Å². The molecule has 6 aromatic rings. The minimum Gasteiger partial charge on any atom is -0.497 e. The van der Waals surface area contributed by atoms with Gasteiger partial charge in [0, 0.05) is 16.5 Å². The molecule has 7 heteroatoms. The lowest BCUT2D eigenvalue weighted by atomic mass is 9.99. The van der Waals surface area contributed by atoms with E-state index in [2.05, 4.69) is 28.4 Å². The number of nitrogen functional groups attached to an aromatic ring is 1.